The molecular weight excluding hydrogens is 503 g/mol. The number of aromatic nitrogens is 1. The molecule has 6 nitrogen and oxygen atoms in total. The molecule has 2 amide bonds. The predicted octanol–water partition coefficient (Wildman–Crippen LogP) is 4.91. The zero-order valence-electron chi connectivity index (χ0n) is 16.7. The lowest BCUT2D eigenvalue weighted by molar-refractivity contribution is -0.137. The van der Waals surface area contributed by atoms with Crippen molar-refractivity contribution in [1.29, 1.82) is 0 Å². The van der Waals surface area contributed by atoms with Crippen LogP contribution in [0.3, 0.4) is 0 Å². The Bertz CT molecular complexity index is 1220. The van der Waals surface area contributed by atoms with Crippen molar-refractivity contribution in [3.63, 3.8) is 0 Å². The summed E-state index contributed by atoms with van der Waals surface area (Å²) in [5.74, 6) is -2.30. The Morgan fingerprint density at radius 3 is 2.36 bits per heavy atom. The van der Waals surface area contributed by atoms with E-state index in [1.54, 1.807) is 48.8 Å². The summed E-state index contributed by atoms with van der Waals surface area (Å²) < 4.78 is 40.4. The van der Waals surface area contributed by atoms with Crippen LogP contribution in [0.2, 0.25) is 0 Å². The third-order valence-electron chi connectivity index (χ3n) is 5.65. The number of fused-ring (bicyclic) bond motifs is 1. The molecule has 0 unspecified atom stereocenters. The van der Waals surface area contributed by atoms with Gasteiger partial charge in [-0.2, -0.15) is 13.2 Å². The van der Waals surface area contributed by atoms with Gasteiger partial charge in [0.25, 0.3) is 5.91 Å². The Morgan fingerprint density at radius 2 is 1.70 bits per heavy atom. The quantitative estimate of drug-likeness (QED) is 0.461. The van der Waals surface area contributed by atoms with Crippen molar-refractivity contribution in [2.45, 2.75) is 18.3 Å². The molecule has 2 aromatic carbocycles. The Morgan fingerprint density at radius 1 is 0.939 bits per heavy atom. The van der Waals surface area contributed by atoms with Crippen LogP contribution in [0.1, 0.15) is 17.2 Å². The Balaban J connectivity index is 1.56. The van der Waals surface area contributed by atoms with E-state index >= 15 is 0 Å². The van der Waals surface area contributed by atoms with Crippen molar-refractivity contribution < 1.29 is 27.6 Å². The SMILES string of the molecule is O=C1[C@@H]2[C@@H](ON(c3ccc(Br)cc3)[C@H]2c2cccnc2)C(=O)N1c1cccc(C(F)(F)F)c1. The molecule has 0 aliphatic carbocycles. The number of halogens is 4. The van der Waals surface area contributed by atoms with Gasteiger partial charge in [0, 0.05) is 16.9 Å². The molecule has 33 heavy (non-hydrogen) atoms. The van der Waals surface area contributed by atoms with Gasteiger partial charge in [0.15, 0.2) is 6.10 Å². The van der Waals surface area contributed by atoms with E-state index in [-0.39, 0.29) is 5.69 Å². The Hall–Kier alpha value is -3.24. The highest BCUT2D eigenvalue weighted by Crippen LogP contribution is 2.47. The van der Waals surface area contributed by atoms with Gasteiger partial charge in [0.1, 0.15) is 5.92 Å². The maximum Gasteiger partial charge on any atom is 0.416 e. The smallest absolute Gasteiger partial charge is 0.273 e. The maximum absolute atomic E-state index is 13.5. The minimum Gasteiger partial charge on any atom is -0.273 e. The van der Waals surface area contributed by atoms with Crippen LogP contribution in [0.15, 0.2) is 77.5 Å². The van der Waals surface area contributed by atoms with Crippen LogP contribution in [0.25, 0.3) is 0 Å². The number of carbonyl (C=O) groups excluding carboxylic acids is 2. The molecule has 2 aliphatic rings. The lowest BCUT2D eigenvalue weighted by Gasteiger charge is -2.28. The van der Waals surface area contributed by atoms with E-state index in [9.17, 15) is 22.8 Å². The number of hydrogen-bond donors (Lipinski definition) is 0. The molecule has 3 aromatic rings. The molecule has 0 spiro atoms. The molecule has 0 radical (unpaired) electrons. The number of hydroxylamine groups is 1. The highest BCUT2D eigenvalue weighted by Gasteiger charge is 2.60. The largest absolute Gasteiger partial charge is 0.416 e. The summed E-state index contributed by atoms with van der Waals surface area (Å²) in [6.45, 7) is 0. The van der Waals surface area contributed by atoms with Crippen molar-refractivity contribution in [3.05, 3.63) is 88.7 Å². The average molecular weight is 518 g/mol. The molecule has 5 rings (SSSR count). The van der Waals surface area contributed by atoms with Crippen LogP contribution in [-0.2, 0) is 20.6 Å². The van der Waals surface area contributed by atoms with E-state index in [0.29, 0.717) is 11.3 Å². The first kappa shape index (κ1) is 21.6. The van der Waals surface area contributed by atoms with Crippen LogP contribution in [-0.4, -0.2) is 22.9 Å². The zero-order chi connectivity index (χ0) is 23.3. The number of rotatable bonds is 3. The first-order valence-corrected chi connectivity index (χ1v) is 10.7. The van der Waals surface area contributed by atoms with Crippen molar-refractivity contribution in [3.8, 4) is 0 Å². The fourth-order valence-corrected chi connectivity index (χ4v) is 4.46. The normalized spacial score (nSPS) is 22.7. The number of pyridine rings is 1. The number of imide groups is 1. The maximum atomic E-state index is 13.5. The van der Waals surface area contributed by atoms with E-state index in [2.05, 4.69) is 20.9 Å². The van der Waals surface area contributed by atoms with Crippen LogP contribution in [0, 0.1) is 5.92 Å². The molecule has 2 aliphatic heterocycles. The molecule has 10 heteroatoms. The van der Waals surface area contributed by atoms with Crippen molar-refractivity contribution in [1.82, 2.24) is 4.98 Å². The average Bonchev–Trinajstić information content (AvgIpc) is 3.30. The van der Waals surface area contributed by atoms with E-state index in [4.69, 9.17) is 4.84 Å². The fraction of sp³-hybridized carbons (Fsp3) is 0.174. The molecule has 1 aromatic heterocycles. The third-order valence-corrected chi connectivity index (χ3v) is 6.18. The van der Waals surface area contributed by atoms with E-state index in [0.717, 1.165) is 21.5 Å². The fourth-order valence-electron chi connectivity index (χ4n) is 4.19. The first-order chi connectivity index (χ1) is 15.8. The number of carbonyl (C=O) groups is 2. The van der Waals surface area contributed by atoms with Crippen molar-refractivity contribution >= 4 is 39.1 Å². The first-order valence-electron chi connectivity index (χ1n) is 9.92. The topological polar surface area (TPSA) is 62.7 Å². The summed E-state index contributed by atoms with van der Waals surface area (Å²) in [7, 11) is 0. The number of hydrogen-bond acceptors (Lipinski definition) is 5. The van der Waals surface area contributed by atoms with Crippen molar-refractivity contribution in [2.24, 2.45) is 5.92 Å². The van der Waals surface area contributed by atoms with Gasteiger partial charge in [-0.05, 0) is 54.1 Å². The molecular formula is C23H15BrF3N3O3. The monoisotopic (exact) mass is 517 g/mol. The number of nitrogens with zero attached hydrogens (tertiary/aromatic N) is 3. The van der Waals surface area contributed by atoms with Gasteiger partial charge >= 0.3 is 6.18 Å². The van der Waals surface area contributed by atoms with Gasteiger partial charge in [-0.25, -0.2) is 9.96 Å². The molecule has 3 heterocycles. The number of alkyl halides is 3. The highest BCUT2D eigenvalue weighted by atomic mass is 79.9. The minimum absolute atomic E-state index is 0.141. The van der Waals surface area contributed by atoms with Gasteiger partial charge in [0.05, 0.1) is 23.0 Å². The minimum atomic E-state index is -4.61. The second kappa shape index (κ2) is 7.96. The number of amides is 2. The van der Waals surface area contributed by atoms with Gasteiger partial charge in [-0.3, -0.25) is 19.4 Å². The molecule has 2 fully saturated rings. The molecule has 0 N–H and O–H groups in total. The summed E-state index contributed by atoms with van der Waals surface area (Å²) >= 11 is 3.37. The summed E-state index contributed by atoms with van der Waals surface area (Å²) in [6.07, 6.45) is -2.63. The van der Waals surface area contributed by atoms with Crippen LogP contribution in [0.5, 0.6) is 0 Å². The van der Waals surface area contributed by atoms with Gasteiger partial charge in [0.2, 0.25) is 5.91 Å². The third kappa shape index (κ3) is 3.68. The molecule has 0 bridgehead atoms. The Kier molecular flexibility index (Phi) is 5.21. The molecule has 2 saturated heterocycles. The Labute approximate surface area is 194 Å². The van der Waals surface area contributed by atoms with Crippen LogP contribution >= 0.6 is 15.9 Å². The van der Waals surface area contributed by atoms with Crippen LogP contribution in [0.4, 0.5) is 24.5 Å². The van der Waals surface area contributed by atoms with Gasteiger partial charge in [-0.1, -0.05) is 28.1 Å². The molecule has 0 saturated carbocycles. The van der Waals surface area contributed by atoms with Gasteiger partial charge < -0.3 is 0 Å². The summed E-state index contributed by atoms with van der Waals surface area (Å²) in [5, 5.41) is 1.50. The van der Waals surface area contributed by atoms with Crippen LogP contribution < -0.4 is 9.96 Å². The highest BCUT2D eigenvalue weighted by molar-refractivity contribution is 9.10. The lowest BCUT2D eigenvalue weighted by Crippen LogP contribution is -2.37. The summed E-state index contributed by atoms with van der Waals surface area (Å²) in [4.78, 5) is 37.6. The van der Waals surface area contributed by atoms with Crippen molar-refractivity contribution in [2.75, 3.05) is 9.96 Å². The summed E-state index contributed by atoms with van der Waals surface area (Å²) in [5.41, 5.74) is 0.171. The van der Waals surface area contributed by atoms with E-state index in [1.165, 1.54) is 17.2 Å². The number of anilines is 2. The predicted molar refractivity (Wildman–Crippen MR) is 116 cm³/mol. The van der Waals surface area contributed by atoms with E-state index in [1.807, 2.05) is 0 Å². The zero-order valence-corrected chi connectivity index (χ0v) is 18.3. The standard InChI is InChI=1S/C23H15BrF3N3O3/c24-15-6-8-16(9-7-15)30-19(13-3-2-10-28-12-13)18-20(33-30)22(32)29(21(18)31)17-5-1-4-14(11-17)23(25,26)27/h1-12,18-20H/t18-,19-,20+/m0/s1. The molecule has 3 atom stereocenters. The lowest BCUT2D eigenvalue weighted by atomic mass is 9.91. The van der Waals surface area contributed by atoms with Gasteiger partial charge in [-0.15, -0.1) is 0 Å². The molecule has 168 valence electrons. The second-order valence-corrected chi connectivity index (χ2v) is 8.56. The second-order valence-electron chi connectivity index (χ2n) is 7.65. The number of benzene rings is 2. The van der Waals surface area contributed by atoms with E-state index < -0.39 is 41.6 Å². The summed E-state index contributed by atoms with van der Waals surface area (Å²) in [6, 6.07) is 14.1.